The summed E-state index contributed by atoms with van der Waals surface area (Å²) in [5.41, 5.74) is 0.791. The molecule has 1 amide bonds. The van der Waals surface area contributed by atoms with Crippen LogP contribution in [0.1, 0.15) is 48.9 Å². The average molecular weight is 552 g/mol. The second-order valence-corrected chi connectivity index (χ2v) is 10.1. The number of aliphatic hydroxyl groups excluding tert-OH is 1. The first-order chi connectivity index (χ1) is 18.9. The molecule has 0 saturated carbocycles. The van der Waals surface area contributed by atoms with E-state index in [0.29, 0.717) is 65.6 Å². The molecule has 2 aromatic carbocycles. The molecule has 0 spiro atoms. The van der Waals surface area contributed by atoms with Gasteiger partial charge in [-0.05, 0) is 56.2 Å². The maximum Gasteiger partial charge on any atom is 0.301 e. The number of aliphatic hydroxyl groups is 1. The van der Waals surface area contributed by atoms with Crippen LogP contribution in [0.5, 0.6) is 23.0 Å². The number of unbranched alkanes of at least 4 members (excludes halogenated alkanes) is 1. The minimum absolute atomic E-state index is 0.0772. The predicted octanol–water partition coefficient (Wildman–Crippen LogP) is 4.82. The van der Waals surface area contributed by atoms with Crippen LogP contribution < -0.4 is 23.8 Å². The molecule has 11 heteroatoms. The molecular formula is C28H29N3O7S. The summed E-state index contributed by atoms with van der Waals surface area (Å²) in [6.07, 6.45) is 1.87. The van der Waals surface area contributed by atoms with Crippen molar-refractivity contribution in [1.29, 1.82) is 0 Å². The van der Waals surface area contributed by atoms with Crippen molar-refractivity contribution < 1.29 is 33.6 Å². The van der Waals surface area contributed by atoms with Crippen molar-refractivity contribution in [3.63, 3.8) is 0 Å². The Balaban J connectivity index is 1.65. The molecule has 1 N–H and O–H groups in total. The van der Waals surface area contributed by atoms with Gasteiger partial charge in [-0.15, -0.1) is 10.2 Å². The maximum atomic E-state index is 13.5. The molecule has 0 radical (unpaired) electrons. The Morgan fingerprint density at radius 1 is 1.05 bits per heavy atom. The number of carbonyl (C=O) groups is 2. The van der Waals surface area contributed by atoms with E-state index >= 15 is 0 Å². The summed E-state index contributed by atoms with van der Waals surface area (Å²) >= 11 is 1.18. The van der Waals surface area contributed by atoms with E-state index in [4.69, 9.17) is 18.9 Å². The monoisotopic (exact) mass is 551 g/mol. The number of nitrogens with zero attached hydrogens (tertiary/aromatic N) is 3. The molecule has 2 aliphatic rings. The standard InChI is InChI=1S/C28H29N3O7S/c1-4-6-11-36-19-9-7-17(14-21(19)35-5-2)24-23(26(33)27(34)31(24)28-30-29-16(3)39-28)25(32)18-8-10-20-22(15-18)38-13-12-37-20/h7-10,14-15,24,32H,4-6,11-13H2,1-3H3. The molecule has 10 nitrogen and oxygen atoms in total. The first-order valence-electron chi connectivity index (χ1n) is 12.8. The van der Waals surface area contributed by atoms with Gasteiger partial charge in [0.05, 0.1) is 24.8 Å². The highest BCUT2D eigenvalue weighted by atomic mass is 32.1. The van der Waals surface area contributed by atoms with Gasteiger partial charge in [-0.2, -0.15) is 0 Å². The van der Waals surface area contributed by atoms with Gasteiger partial charge in [0.2, 0.25) is 5.13 Å². The predicted molar refractivity (Wildman–Crippen MR) is 145 cm³/mol. The quantitative estimate of drug-likeness (QED) is 0.173. The number of aromatic nitrogens is 2. The number of aryl methyl sites for hydroxylation is 1. The van der Waals surface area contributed by atoms with Gasteiger partial charge in [0, 0.05) is 5.56 Å². The van der Waals surface area contributed by atoms with Gasteiger partial charge in [-0.25, -0.2) is 0 Å². The highest BCUT2D eigenvalue weighted by Crippen LogP contribution is 2.45. The highest BCUT2D eigenvalue weighted by Gasteiger charge is 2.48. The van der Waals surface area contributed by atoms with E-state index in [9.17, 15) is 14.7 Å². The third-order valence-corrected chi connectivity index (χ3v) is 7.16. The SMILES string of the molecule is CCCCOc1ccc(C2C(=C(O)c3ccc4c(c3)OCCO4)C(=O)C(=O)N2c2nnc(C)s2)cc1OCC. The fourth-order valence-corrected chi connectivity index (χ4v) is 5.20. The lowest BCUT2D eigenvalue weighted by Crippen LogP contribution is -2.29. The second-order valence-electron chi connectivity index (χ2n) is 8.97. The van der Waals surface area contributed by atoms with Crippen LogP contribution in [-0.2, 0) is 9.59 Å². The average Bonchev–Trinajstić information content (AvgIpc) is 3.49. The van der Waals surface area contributed by atoms with Gasteiger partial charge in [-0.3, -0.25) is 14.5 Å². The zero-order chi connectivity index (χ0) is 27.5. The molecule has 1 aromatic heterocycles. The van der Waals surface area contributed by atoms with Crippen LogP contribution in [0.15, 0.2) is 42.0 Å². The largest absolute Gasteiger partial charge is 0.507 e. The van der Waals surface area contributed by atoms with E-state index in [2.05, 4.69) is 17.1 Å². The fraction of sp³-hybridized carbons (Fsp3) is 0.357. The maximum absolute atomic E-state index is 13.5. The Kier molecular flexibility index (Phi) is 7.69. The minimum atomic E-state index is -0.977. The number of Topliss-reactive ketones (excluding diaryl/α,β-unsaturated/α-hetero) is 1. The molecule has 0 bridgehead atoms. The number of carbonyl (C=O) groups excluding carboxylic acids is 2. The van der Waals surface area contributed by atoms with Gasteiger partial charge in [0.1, 0.15) is 24.0 Å². The summed E-state index contributed by atoms with van der Waals surface area (Å²) in [5.74, 6) is 0.0505. The van der Waals surface area contributed by atoms with Crippen molar-refractivity contribution in [2.75, 3.05) is 31.3 Å². The summed E-state index contributed by atoms with van der Waals surface area (Å²) in [6, 6.07) is 9.16. The van der Waals surface area contributed by atoms with E-state index in [0.717, 1.165) is 12.8 Å². The van der Waals surface area contributed by atoms with Crippen LogP contribution in [0.2, 0.25) is 0 Å². The summed E-state index contributed by atoms with van der Waals surface area (Å²) in [4.78, 5) is 28.1. The summed E-state index contributed by atoms with van der Waals surface area (Å²) in [7, 11) is 0. The number of hydrogen-bond acceptors (Lipinski definition) is 10. The van der Waals surface area contributed by atoms with Gasteiger partial charge in [0.25, 0.3) is 5.78 Å². The van der Waals surface area contributed by atoms with Gasteiger partial charge in [-0.1, -0.05) is 30.7 Å². The highest BCUT2D eigenvalue weighted by molar-refractivity contribution is 7.15. The van der Waals surface area contributed by atoms with Crippen molar-refractivity contribution in [3.8, 4) is 23.0 Å². The molecule has 1 fully saturated rings. The molecule has 1 saturated heterocycles. The Morgan fingerprint density at radius 2 is 1.85 bits per heavy atom. The van der Waals surface area contributed by atoms with Gasteiger partial charge >= 0.3 is 5.91 Å². The first kappa shape index (κ1) is 26.5. The van der Waals surface area contributed by atoms with Crippen molar-refractivity contribution in [1.82, 2.24) is 10.2 Å². The number of fused-ring (bicyclic) bond motifs is 1. The summed E-state index contributed by atoms with van der Waals surface area (Å²) < 4.78 is 23.0. The lowest BCUT2D eigenvalue weighted by atomic mass is 9.95. The Hall–Kier alpha value is -4.12. The molecule has 3 aromatic rings. The number of hydrogen-bond donors (Lipinski definition) is 1. The topological polar surface area (TPSA) is 120 Å². The van der Waals surface area contributed by atoms with E-state index in [1.54, 1.807) is 43.3 Å². The van der Waals surface area contributed by atoms with Crippen LogP contribution in [-0.4, -0.2) is 53.4 Å². The minimum Gasteiger partial charge on any atom is -0.507 e. The van der Waals surface area contributed by atoms with E-state index in [1.165, 1.54) is 16.2 Å². The summed E-state index contributed by atoms with van der Waals surface area (Å²) in [5, 5.41) is 20.5. The Bertz CT molecular complexity index is 1430. The molecule has 5 rings (SSSR count). The van der Waals surface area contributed by atoms with Crippen molar-refractivity contribution in [2.45, 2.75) is 39.7 Å². The second kappa shape index (κ2) is 11.3. The lowest BCUT2D eigenvalue weighted by Gasteiger charge is -2.24. The molecular weight excluding hydrogens is 522 g/mol. The van der Waals surface area contributed by atoms with E-state index < -0.39 is 17.7 Å². The molecule has 1 unspecified atom stereocenters. The van der Waals surface area contributed by atoms with Crippen molar-refractivity contribution in [3.05, 3.63) is 58.1 Å². The zero-order valence-corrected chi connectivity index (χ0v) is 22.7. The molecule has 0 aliphatic carbocycles. The fourth-order valence-electron chi connectivity index (χ4n) is 4.48. The summed E-state index contributed by atoms with van der Waals surface area (Å²) in [6.45, 7) is 7.41. The van der Waals surface area contributed by atoms with Crippen molar-refractivity contribution in [2.24, 2.45) is 0 Å². The number of rotatable bonds is 9. The van der Waals surface area contributed by atoms with Crippen LogP contribution in [0.25, 0.3) is 5.76 Å². The Morgan fingerprint density at radius 3 is 2.56 bits per heavy atom. The third-order valence-electron chi connectivity index (χ3n) is 6.32. The number of amides is 1. The van der Waals surface area contributed by atoms with Gasteiger partial charge in [0.15, 0.2) is 23.0 Å². The molecule has 204 valence electrons. The van der Waals surface area contributed by atoms with Crippen LogP contribution in [0, 0.1) is 6.92 Å². The van der Waals surface area contributed by atoms with E-state index in [-0.39, 0.29) is 16.5 Å². The molecule has 39 heavy (non-hydrogen) atoms. The Labute approximate surface area is 229 Å². The molecule has 3 heterocycles. The first-order valence-corrected chi connectivity index (χ1v) is 13.6. The lowest BCUT2D eigenvalue weighted by molar-refractivity contribution is -0.132. The molecule has 1 atom stereocenters. The number of ketones is 1. The van der Waals surface area contributed by atoms with Gasteiger partial charge < -0.3 is 24.1 Å². The van der Waals surface area contributed by atoms with Crippen LogP contribution in [0.4, 0.5) is 5.13 Å². The smallest absolute Gasteiger partial charge is 0.301 e. The van der Waals surface area contributed by atoms with E-state index in [1.807, 2.05) is 6.92 Å². The number of ether oxygens (including phenoxy) is 4. The zero-order valence-electron chi connectivity index (χ0n) is 21.9. The molecule has 2 aliphatic heterocycles. The third kappa shape index (κ3) is 5.14. The number of anilines is 1. The van der Waals surface area contributed by atoms with Crippen LogP contribution >= 0.6 is 11.3 Å². The van der Waals surface area contributed by atoms with Crippen LogP contribution in [0.3, 0.4) is 0 Å². The number of benzene rings is 2. The van der Waals surface area contributed by atoms with Crippen molar-refractivity contribution >= 4 is 33.9 Å². The normalized spacial score (nSPS) is 17.9.